The maximum absolute atomic E-state index is 12.3. The van der Waals surface area contributed by atoms with Gasteiger partial charge in [-0.25, -0.2) is 8.42 Å². The maximum Gasteiger partial charge on any atom is 0.261 e. The van der Waals surface area contributed by atoms with Gasteiger partial charge in [-0.15, -0.1) is 0 Å². The molecular weight excluding hydrogens is 346 g/mol. The first-order valence-electron chi connectivity index (χ1n) is 6.13. The summed E-state index contributed by atoms with van der Waals surface area (Å²) in [5, 5.41) is 0.210. The molecule has 0 saturated heterocycles. The Kier molecular flexibility index (Phi) is 5.10. The van der Waals surface area contributed by atoms with Crippen molar-refractivity contribution in [3.05, 3.63) is 47.5 Å². The van der Waals surface area contributed by atoms with Crippen molar-refractivity contribution >= 4 is 38.1 Å². The van der Waals surface area contributed by atoms with Crippen molar-refractivity contribution in [1.29, 1.82) is 0 Å². The van der Waals surface area contributed by atoms with Crippen LogP contribution in [0.15, 0.2) is 52.3 Å². The van der Waals surface area contributed by atoms with Crippen LogP contribution in [0.5, 0.6) is 5.75 Å². The Bertz CT molecular complexity index is 804. The summed E-state index contributed by atoms with van der Waals surface area (Å²) in [5.41, 5.74) is 0.376. The quantitative estimate of drug-likeness (QED) is 0.890. The third-order valence-electron chi connectivity index (χ3n) is 2.87. The van der Waals surface area contributed by atoms with E-state index in [1.807, 2.05) is 0 Å². The molecule has 0 spiro atoms. The summed E-state index contributed by atoms with van der Waals surface area (Å²) in [5.74, 6) is 0.399. The topological polar surface area (TPSA) is 72.5 Å². The van der Waals surface area contributed by atoms with Crippen LogP contribution >= 0.6 is 11.6 Å². The molecule has 8 heteroatoms. The number of nitrogens with one attached hydrogen (secondary N) is 1. The highest BCUT2D eigenvalue weighted by Gasteiger charge is 2.16. The van der Waals surface area contributed by atoms with Crippen LogP contribution < -0.4 is 9.46 Å². The molecule has 2 aromatic carbocycles. The summed E-state index contributed by atoms with van der Waals surface area (Å²) in [7, 11) is -3.42. The van der Waals surface area contributed by atoms with Crippen LogP contribution in [0.3, 0.4) is 0 Å². The third-order valence-corrected chi connectivity index (χ3v) is 5.48. The van der Waals surface area contributed by atoms with Crippen molar-refractivity contribution in [3.8, 4) is 5.75 Å². The first kappa shape index (κ1) is 16.8. The van der Waals surface area contributed by atoms with Crippen molar-refractivity contribution < 1.29 is 17.4 Å². The number of hydrogen-bond acceptors (Lipinski definition) is 4. The molecule has 0 aliphatic heterocycles. The molecule has 1 N–H and O–H groups in total. The van der Waals surface area contributed by atoms with Crippen LogP contribution in [0.4, 0.5) is 5.69 Å². The van der Waals surface area contributed by atoms with E-state index in [1.165, 1.54) is 25.3 Å². The minimum Gasteiger partial charge on any atom is -0.495 e. The lowest BCUT2D eigenvalue weighted by Crippen LogP contribution is -2.13. The largest absolute Gasteiger partial charge is 0.495 e. The van der Waals surface area contributed by atoms with Gasteiger partial charge in [-0.2, -0.15) is 0 Å². The minimum atomic E-state index is -3.76. The second-order valence-electron chi connectivity index (χ2n) is 4.38. The van der Waals surface area contributed by atoms with Gasteiger partial charge in [0.25, 0.3) is 10.0 Å². The van der Waals surface area contributed by atoms with Gasteiger partial charge in [0.15, 0.2) is 0 Å². The number of halogens is 1. The van der Waals surface area contributed by atoms with Gasteiger partial charge >= 0.3 is 0 Å². The molecular formula is C14H14ClNO4S2. The molecule has 1 atom stereocenters. The summed E-state index contributed by atoms with van der Waals surface area (Å²) in [6.07, 6.45) is 1.55. The van der Waals surface area contributed by atoms with Gasteiger partial charge in [0.05, 0.1) is 17.0 Å². The van der Waals surface area contributed by atoms with Gasteiger partial charge in [-0.1, -0.05) is 11.6 Å². The molecule has 0 saturated carbocycles. The van der Waals surface area contributed by atoms with Crippen molar-refractivity contribution in [1.82, 2.24) is 0 Å². The molecule has 0 heterocycles. The lowest BCUT2D eigenvalue weighted by atomic mass is 10.3. The number of sulfonamides is 1. The van der Waals surface area contributed by atoms with Gasteiger partial charge in [0.2, 0.25) is 0 Å². The Labute approximate surface area is 136 Å². The first-order chi connectivity index (χ1) is 10.3. The Morgan fingerprint density at radius 1 is 1.14 bits per heavy atom. The number of methoxy groups -OCH3 is 1. The molecule has 2 rings (SSSR count). The van der Waals surface area contributed by atoms with E-state index in [1.54, 1.807) is 30.5 Å². The van der Waals surface area contributed by atoms with Gasteiger partial charge in [0.1, 0.15) is 5.75 Å². The van der Waals surface area contributed by atoms with Crippen LogP contribution in [0, 0.1) is 0 Å². The summed E-state index contributed by atoms with van der Waals surface area (Å²) < 4.78 is 43.3. The van der Waals surface area contributed by atoms with Gasteiger partial charge in [-0.3, -0.25) is 8.93 Å². The normalized spacial score (nSPS) is 12.7. The molecule has 0 aromatic heterocycles. The zero-order valence-electron chi connectivity index (χ0n) is 11.9. The molecule has 0 bridgehead atoms. The highest BCUT2D eigenvalue weighted by atomic mass is 35.5. The lowest BCUT2D eigenvalue weighted by molar-refractivity contribution is 0.414. The van der Waals surface area contributed by atoms with Gasteiger partial charge in [0, 0.05) is 27.6 Å². The molecule has 0 fully saturated rings. The average molecular weight is 360 g/mol. The van der Waals surface area contributed by atoms with E-state index in [-0.39, 0.29) is 9.92 Å². The lowest BCUT2D eigenvalue weighted by Gasteiger charge is -2.10. The third kappa shape index (κ3) is 3.79. The van der Waals surface area contributed by atoms with Gasteiger partial charge in [-0.05, 0) is 42.5 Å². The molecule has 2 aromatic rings. The fourth-order valence-corrected chi connectivity index (χ4v) is 3.67. The molecule has 22 heavy (non-hydrogen) atoms. The number of benzene rings is 2. The van der Waals surface area contributed by atoms with Crippen molar-refractivity contribution in [2.24, 2.45) is 0 Å². The van der Waals surface area contributed by atoms with Crippen LogP contribution in [-0.2, 0) is 20.8 Å². The summed E-state index contributed by atoms with van der Waals surface area (Å²) in [6.45, 7) is 0. The van der Waals surface area contributed by atoms with Gasteiger partial charge < -0.3 is 4.74 Å². The summed E-state index contributed by atoms with van der Waals surface area (Å²) in [6, 6.07) is 10.5. The molecule has 0 amide bonds. The van der Waals surface area contributed by atoms with E-state index in [2.05, 4.69) is 4.72 Å². The van der Waals surface area contributed by atoms with Crippen LogP contribution in [0.2, 0.25) is 5.02 Å². The van der Waals surface area contributed by atoms with Crippen molar-refractivity contribution in [2.75, 3.05) is 18.1 Å². The van der Waals surface area contributed by atoms with E-state index < -0.39 is 20.8 Å². The first-order valence-corrected chi connectivity index (χ1v) is 9.55. The van der Waals surface area contributed by atoms with Crippen LogP contribution in [-0.4, -0.2) is 26.0 Å². The van der Waals surface area contributed by atoms with E-state index in [0.29, 0.717) is 16.3 Å². The Balaban J connectivity index is 2.27. The molecule has 1 unspecified atom stereocenters. The number of rotatable bonds is 5. The van der Waals surface area contributed by atoms with E-state index in [4.69, 9.17) is 16.3 Å². The summed E-state index contributed by atoms with van der Waals surface area (Å²) in [4.78, 5) is 0.650. The standard InChI is InChI=1S/C14H14ClNO4S2/c1-20-14-8-7-12(9-13(14)15)22(18,19)16-10-3-5-11(6-4-10)21(2)17/h3-9,16H,1-2H3. The average Bonchev–Trinajstić information content (AvgIpc) is 2.47. The highest BCUT2D eigenvalue weighted by Crippen LogP contribution is 2.28. The molecule has 0 aliphatic rings. The molecule has 0 aliphatic carbocycles. The van der Waals surface area contributed by atoms with Crippen molar-refractivity contribution in [3.63, 3.8) is 0 Å². The predicted molar refractivity (Wildman–Crippen MR) is 87.6 cm³/mol. The predicted octanol–water partition coefficient (Wildman–Crippen LogP) is 2.89. The number of ether oxygens (including phenoxy) is 1. The molecule has 118 valence electrons. The highest BCUT2D eigenvalue weighted by molar-refractivity contribution is 7.92. The Morgan fingerprint density at radius 3 is 2.27 bits per heavy atom. The minimum absolute atomic E-state index is 0.0291. The van der Waals surface area contributed by atoms with E-state index in [9.17, 15) is 12.6 Å². The van der Waals surface area contributed by atoms with Crippen LogP contribution in [0.1, 0.15) is 0 Å². The van der Waals surface area contributed by atoms with E-state index >= 15 is 0 Å². The smallest absolute Gasteiger partial charge is 0.261 e. The monoisotopic (exact) mass is 359 g/mol. The Hall–Kier alpha value is -1.57. The SMILES string of the molecule is COc1ccc(S(=O)(=O)Nc2ccc(S(C)=O)cc2)cc1Cl. The van der Waals surface area contributed by atoms with Crippen molar-refractivity contribution in [2.45, 2.75) is 9.79 Å². The Morgan fingerprint density at radius 2 is 1.77 bits per heavy atom. The fourth-order valence-electron chi connectivity index (χ4n) is 1.74. The van der Waals surface area contributed by atoms with E-state index in [0.717, 1.165) is 0 Å². The zero-order valence-corrected chi connectivity index (χ0v) is 14.3. The van der Waals surface area contributed by atoms with Crippen LogP contribution in [0.25, 0.3) is 0 Å². The fraction of sp³-hybridized carbons (Fsp3) is 0.143. The summed E-state index contributed by atoms with van der Waals surface area (Å²) >= 11 is 5.94. The molecule has 0 radical (unpaired) electrons. The zero-order chi connectivity index (χ0) is 16.3. The maximum atomic E-state index is 12.3. The number of anilines is 1. The second kappa shape index (κ2) is 6.68. The number of hydrogen-bond donors (Lipinski definition) is 1. The molecule has 5 nitrogen and oxygen atoms in total. The second-order valence-corrected chi connectivity index (χ2v) is 7.85.